The van der Waals surface area contributed by atoms with E-state index in [1.807, 2.05) is 11.9 Å². The first-order valence-electron chi connectivity index (χ1n) is 12.0. The average molecular weight is 499 g/mol. The fraction of sp³-hybridized carbons (Fsp3) is 0.560. The zero-order chi connectivity index (χ0) is 26.4. The third kappa shape index (κ3) is 2.97. The molecule has 0 bridgehead atoms. The van der Waals surface area contributed by atoms with E-state index >= 15 is 0 Å². The largest absolute Gasteiger partial charge is 0.507 e. The summed E-state index contributed by atoms with van der Waals surface area (Å²) in [6, 6.07) is 0.652. The molecule has 1 aromatic carbocycles. The van der Waals surface area contributed by atoms with Crippen molar-refractivity contribution < 1.29 is 34.2 Å². The third-order valence-electron chi connectivity index (χ3n) is 8.67. The molecule has 0 spiro atoms. The van der Waals surface area contributed by atoms with Crippen molar-refractivity contribution in [1.29, 1.82) is 0 Å². The average Bonchev–Trinajstić information content (AvgIpc) is 2.79. The highest BCUT2D eigenvalue weighted by Gasteiger charge is 2.70. The number of amides is 1. The Labute approximate surface area is 207 Å². The SMILES string of the molecule is CN1Cc2cc(CN)c(O)c3c2[C@H](C1)[C@H]1C[C@H]2[C@H](N(C)C)C(=O)C(C(N)=O)C(=O)[C@@]2(O)C(=O)C1C3=O. The number of fused-ring (bicyclic) bond motifs is 3. The topological polar surface area (TPSA) is 184 Å². The molecule has 1 amide bonds. The smallest absolute Gasteiger partial charge is 0.235 e. The van der Waals surface area contributed by atoms with Gasteiger partial charge in [-0.1, -0.05) is 0 Å². The van der Waals surface area contributed by atoms with Gasteiger partial charge in [0.1, 0.15) is 5.75 Å². The van der Waals surface area contributed by atoms with Gasteiger partial charge in [0, 0.05) is 37.0 Å². The predicted molar refractivity (Wildman–Crippen MR) is 125 cm³/mol. The molecule has 36 heavy (non-hydrogen) atoms. The summed E-state index contributed by atoms with van der Waals surface area (Å²) in [7, 11) is 5.03. The van der Waals surface area contributed by atoms with Crippen LogP contribution in [0.1, 0.15) is 39.4 Å². The van der Waals surface area contributed by atoms with Crippen LogP contribution in [0.5, 0.6) is 5.75 Å². The molecule has 0 saturated heterocycles. The second-order valence-corrected chi connectivity index (χ2v) is 10.8. The zero-order valence-corrected chi connectivity index (χ0v) is 20.4. The van der Waals surface area contributed by atoms with E-state index in [2.05, 4.69) is 0 Å². The lowest BCUT2D eigenvalue weighted by Gasteiger charge is -2.55. The Hall–Kier alpha value is -2.99. The van der Waals surface area contributed by atoms with Crippen LogP contribution in [0.3, 0.4) is 0 Å². The van der Waals surface area contributed by atoms with Gasteiger partial charge in [0.05, 0.1) is 17.5 Å². The molecule has 1 heterocycles. The minimum atomic E-state index is -2.73. The number of aromatic hydroxyl groups is 1. The van der Waals surface area contributed by atoms with Crippen molar-refractivity contribution in [2.45, 2.75) is 37.1 Å². The minimum absolute atomic E-state index is 0.0117. The molecule has 11 nitrogen and oxygen atoms in total. The molecule has 1 aliphatic heterocycles. The van der Waals surface area contributed by atoms with Gasteiger partial charge in [0.15, 0.2) is 34.7 Å². The van der Waals surface area contributed by atoms with Crippen LogP contribution < -0.4 is 11.5 Å². The molecule has 1 aromatic rings. The van der Waals surface area contributed by atoms with E-state index in [1.54, 1.807) is 20.2 Å². The standard InChI is InChI=1S/C25H30N4O7/c1-28(2)18-13-5-11-12-8-29(3)7-10-4-9(6-26)19(30)16(14(10)12)20(31)15(11)22(33)25(13,36)23(34)17(21(18)32)24(27)35/h4,11-13,15,17-18,30,36H,5-8,26H2,1-3H3,(H2,27,35)/t11-,12-,13+,15?,17?,18+,25+/m1/s1. The number of nitrogens with two attached hydrogens (primary N) is 2. The molecule has 2 unspecified atom stereocenters. The summed E-state index contributed by atoms with van der Waals surface area (Å²) in [5.41, 5.74) is 10.3. The summed E-state index contributed by atoms with van der Waals surface area (Å²) in [5, 5.41) is 22.7. The highest BCUT2D eigenvalue weighted by atomic mass is 16.3. The maximum absolute atomic E-state index is 14.0. The molecule has 11 heteroatoms. The lowest BCUT2D eigenvalue weighted by molar-refractivity contribution is -0.182. The fourth-order valence-corrected chi connectivity index (χ4v) is 7.24. The maximum Gasteiger partial charge on any atom is 0.235 e. The van der Waals surface area contributed by atoms with Crippen LogP contribution in [-0.2, 0) is 32.3 Å². The molecule has 6 N–H and O–H groups in total. The summed E-state index contributed by atoms with van der Waals surface area (Å²) in [5.74, 6) is -10.8. The van der Waals surface area contributed by atoms with Crippen LogP contribution in [0, 0.1) is 23.7 Å². The van der Waals surface area contributed by atoms with Crippen molar-refractivity contribution in [1.82, 2.24) is 9.80 Å². The van der Waals surface area contributed by atoms with Crippen molar-refractivity contribution >= 4 is 29.0 Å². The summed E-state index contributed by atoms with van der Waals surface area (Å²) in [6.45, 7) is 0.982. The van der Waals surface area contributed by atoms with E-state index in [0.29, 0.717) is 24.2 Å². The van der Waals surface area contributed by atoms with Gasteiger partial charge in [-0.2, -0.15) is 0 Å². The second kappa shape index (κ2) is 8.01. The number of phenols is 1. The highest BCUT2D eigenvalue weighted by molar-refractivity contribution is 6.32. The Kier molecular flexibility index (Phi) is 5.49. The normalized spacial score (nSPS) is 35.9. The number of benzene rings is 1. The van der Waals surface area contributed by atoms with Crippen molar-refractivity contribution in [3.63, 3.8) is 0 Å². The number of aliphatic hydroxyl groups is 1. The molecule has 5 rings (SSSR count). The van der Waals surface area contributed by atoms with Gasteiger partial charge < -0.3 is 26.6 Å². The quantitative estimate of drug-likeness (QED) is 0.351. The van der Waals surface area contributed by atoms with Gasteiger partial charge in [-0.25, -0.2) is 0 Å². The van der Waals surface area contributed by atoms with Crippen molar-refractivity contribution in [3.8, 4) is 5.75 Å². The second-order valence-electron chi connectivity index (χ2n) is 10.8. The van der Waals surface area contributed by atoms with Crippen LogP contribution in [0.2, 0.25) is 0 Å². The zero-order valence-electron chi connectivity index (χ0n) is 20.4. The summed E-state index contributed by atoms with van der Waals surface area (Å²) in [6.07, 6.45) is 0.0290. The number of hydrogen-bond acceptors (Lipinski definition) is 10. The Morgan fingerprint density at radius 3 is 2.47 bits per heavy atom. The first kappa shape index (κ1) is 24.7. The highest BCUT2D eigenvalue weighted by Crippen LogP contribution is 2.56. The Bertz CT molecular complexity index is 1240. The van der Waals surface area contributed by atoms with Crippen LogP contribution in [0.15, 0.2) is 6.07 Å². The number of hydrogen-bond donors (Lipinski definition) is 4. The number of likely N-dealkylation sites (N-methyl/N-ethyl adjacent to an activating group) is 2. The van der Waals surface area contributed by atoms with Crippen LogP contribution >= 0.6 is 0 Å². The van der Waals surface area contributed by atoms with E-state index in [4.69, 9.17) is 11.5 Å². The first-order valence-corrected chi connectivity index (χ1v) is 12.0. The van der Waals surface area contributed by atoms with Crippen LogP contribution in [0.25, 0.3) is 0 Å². The number of Topliss-reactive ketones (excluding diaryl/α,β-unsaturated/α-hetero) is 4. The Morgan fingerprint density at radius 1 is 1.22 bits per heavy atom. The first-order chi connectivity index (χ1) is 16.9. The van der Waals surface area contributed by atoms with E-state index < -0.39 is 64.4 Å². The number of nitrogens with zero attached hydrogens (tertiary/aromatic N) is 2. The maximum atomic E-state index is 14.0. The van der Waals surface area contributed by atoms with Crippen molar-refractivity contribution in [2.24, 2.45) is 35.1 Å². The number of rotatable bonds is 3. The number of ketones is 4. The van der Waals surface area contributed by atoms with E-state index in [9.17, 15) is 34.2 Å². The number of phenolic OH excluding ortho intramolecular Hbond substituents is 1. The molecule has 7 atom stereocenters. The van der Waals surface area contributed by atoms with Gasteiger partial charge in [-0.15, -0.1) is 0 Å². The molecule has 0 aromatic heterocycles. The van der Waals surface area contributed by atoms with Crippen molar-refractivity contribution in [2.75, 3.05) is 27.7 Å². The number of primary amides is 1. The number of carbonyl (C=O) groups excluding carboxylic acids is 5. The molecule has 192 valence electrons. The van der Waals surface area contributed by atoms with Gasteiger partial charge in [-0.05, 0) is 50.7 Å². The molecular weight excluding hydrogens is 468 g/mol. The van der Waals surface area contributed by atoms with Crippen LogP contribution in [-0.4, -0.2) is 88.4 Å². The Morgan fingerprint density at radius 2 is 1.89 bits per heavy atom. The van der Waals surface area contributed by atoms with Crippen LogP contribution in [0.4, 0.5) is 0 Å². The van der Waals surface area contributed by atoms with E-state index in [-0.39, 0.29) is 30.2 Å². The monoisotopic (exact) mass is 498 g/mol. The molecule has 3 aliphatic carbocycles. The summed E-state index contributed by atoms with van der Waals surface area (Å²) >= 11 is 0. The van der Waals surface area contributed by atoms with E-state index in [1.165, 1.54) is 4.90 Å². The lowest BCUT2D eigenvalue weighted by Crippen LogP contribution is -2.74. The summed E-state index contributed by atoms with van der Waals surface area (Å²) in [4.78, 5) is 70.1. The molecular formula is C25H30N4O7. The predicted octanol–water partition coefficient (Wildman–Crippen LogP) is -1.69. The third-order valence-corrected chi connectivity index (χ3v) is 8.67. The van der Waals surface area contributed by atoms with Gasteiger partial charge >= 0.3 is 0 Å². The number of carbonyl (C=O) groups is 5. The molecule has 2 fully saturated rings. The van der Waals surface area contributed by atoms with Gasteiger partial charge in [0.25, 0.3) is 0 Å². The lowest BCUT2D eigenvalue weighted by atomic mass is 9.50. The minimum Gasteiger partial charge on any atom is -0.507 e. The van der Waals surface area contributed by atoms with Crippen molar-refractivity contribution in [3.05, 3.63) is 28.3 Å². The summed E-state index contributed by atoms with van der Waals surface area (Å²) < 4.78 is 0. The van der Waals surface area contributed by atoms with Gasteiger partial charge in [-0.3, -0.25) is 28.9 Å². The Balaban J connectivity index is 1.73. The molecule has 0 radical (unpaired) electrons. The fourth-order valence-electron chi connectivity index (χ4n) is 7.24. The molecule has 4 aliphatic rings. The molecule has 2 saturated carbocycles. The van der Waals surface area contributed by atoms with Gasteiger partial charge in [0.2, 0.25) is 5.91 Å². The van der Waals surface area contributed by atoms with E-state index in [0.717, 1.165) is 5.56 Å².